The van der Waals surface area contributed by atoms with E-state index in [9.17, 15) is 14.4 Å². The first-order valence-corrected chi connectivity index (χ1v) is 11.6. The molecular formula is C23H16I2N2O5. The van der Waals surface area contributed by atoms with Crippen LogP contribution in [-0.2, 0) is 16.2 Å². The van der Waals surface area contributed by atoms with Crippen molar-refractivity contribution in [3.8, 4) is 5.75 Å². The van der Waals surface area contributed by atoms with E-state index in [1.807, 2.05) is 30.3 Å². The van der Waals surface area contributed by atoms with Crippen molar-refractivity contribution in [1.29, 1.82) is 0 Å². The lowest BCUT2D eigenvalue weighted by Crippen LogP contribution is -2.35. The van der Waals surface area contributed by atoms with Crippen LogP contribution in [-0.4, -0.2) is 34.5 Å². The van der Waals surface area contributed by atoms with Gasteiger partial charge in [0.1, 0.15) is 24.6 Å². The maximum atomic E-state index is 12.3. The predicted molar refractivity (Wildman–Crippen MR) is 136 cm³/mol. The number of carbonyl (C=O) groups is 3. The Morgan fingerprint density at radius 1 is 1.03 bits per heavy atom. The fourth-order valence-electron chi connectivity index (χ4n) is 3.30. The number of halogens is 2. The van der Waals surface area contributed by atoms with Gasteiger partial charge in [0.05, 0.1) is 7.14 Å². The Kier molecular flexibility index (Phi) is 6.65. The van der Waals surface area contributed by atoms with Gasteiger partial charge in [0.25, 0.3) is 5.91 Å². The van der Waals surface area contributed by atoms with Crippen LogP contribution in [0.3, 0.4) is 0 Å². The van der Waals surface area contributed by atoms with Crippen LogP contribution in [0, 0.1) is 7.14 Å². The molecule has 0 spiro atoms. The van der Waals surface area contributed by atoms with E-state index in [0.717, 1.165) is 23.8 Å². The number of carbonyl (C=O) groups excluding carboxylic acids is 2. The highest BCUT2D eigenvalue weighted by Gasteiger charge is 2.34. The molecule has 3 aromatic carbocycles. The highest BCUT2D eigenvalue weighted by atomic mass is 127. The molecule has 2 N–H and O–H groups in total. The number of carboxylic acids is 1. The fourth-order valence-corrected chi connectivity index (χ4v) is 5.43. The highest BCUT2D eigenvalue weighted by molar-refractivity contribution is 14.1. The van der Waals surface area contributed by atoms with Crippen molar-refractivity contribution >= 4 is 79.9 Å². The second-order valence-electron chi connectivity index (χ2n) is 7.06. The molecule has 1 aliphatic rings. The Labute approximate surface area is 210 Å². The first-order chi connectivity index (χ1) is 15.3. The van der Waals surface area contributed by atoms with Crippen LogP contribution in [0.15, 0.2) is 60.3 Å². The third kappa shape index (κ3) is 4.88. The molecule has 3 aromatic rings. The third-order valence-corrected chi connectivity index (χ3v) is 6.39. The molecule has 1 saturated heterocycles. The number of fused-ring (bicyclic) bond motifs is 1. The fraction of sp³-hybridized carbons (Fsp3) is 0.0870. The summed E-state index contributed by atoms with van der Waals surface area (Å²) in [5.41, 5.74) is 1.78. The van der Waals surface area contributed by atoms with Crippen LogP contribution in [0.4, 0.5) is 4.79 Å². The summed E-state index contributed by atoms with van der Waals surface area (Å²) in [4.78, 5) is 35.7. The summed E-state index contributed by atoms with van der Waals surface area (Å²) in [5.74, 6) is -1.19. The number of nitrogens with one attached hydrogen (secondary N) is 1. The lowest BCUT2D eigenvalue weighted by molar-refractivity contribution is -0.140. The number of aliphatic carboxylic acids is 1. The summed E-state index contributed by atoms with van der Waals surface area (Å²) in [5, 5.41) is 13.6. The molecule has 9 heteroatoms. The summed E-state index contributed by atoms with van der Waals surface area (Å²) < 4.78 is 7.78. The molecule has 0 saturated carbocycles. The predicted octanol–water partition coefficient (Wildman–Crippen LogP) is 4.61. The molecule has 0 atom stereocenters. The van der Waals surface area contributed by atoms with Crippen LogP contribution in [0.25, 0.3) is 16.8 Å². The smallest absolute Gasteiger partial charge is 0.329 e. The Bertz CT molecular complexity index is 1270. The summed E-state index contributed by atoms with van der Waals surface area (Å²) in [6, 6.07) is 17.3. The molecule has 0 aromatic heterocycles. The van der Waals surface area contributed by atoms with Crippen molar-refractivity contribution in [2.75, 3.05) is 6.54 Å². The van der Waals surface area contributed by atoms with E-state index in [4.69, 9.17) is 9.84 Å². The molecule has 0 aliphatic carbocycles. The Hall–Kier alpha value is -2.67. The molecule has 3 amide bonds. The van der Waals surface area contributed by atoms with Gasteiger partial charge in [-0.3, -0.25) is 9.59 Å². The lowest BCUT2D eigenvalue weighted by atomic mass is 10.1. The summed E-state index contributed by atoms with van der Waals surface area (Å²) in [6.07, 6.45) is 1.53. The Morgan fingerprint density at radius 2 is 1.72 bits per heavy atom. The molecule has 1 heterocycles. The number of hydrogen-bond acceptors (Lipinski definition) is 4. The van der Waals surface area contributed by atoms with Gasteiger partial charge in [-0.15, -0.1) is 0 Å². The standard InChI is InChI=1S/C23H16I2N2O5/c24-17-8-14(10-19-22(30)27(11-20(28)29)23(31)26-19)9-18(25)21(17)32-12-13-5-6-15-3-1-2-4-16(15)7-13/h1-10H,11-12H2,(H,26,31)(H,28,29)/b19-10+. The largest absolute Gasteiger partial charge is 0.487 e. The van der Waals surface area contributed by atoms with Crippen LogP contribution < -0.4 is 10.1 Å². The van der Waals surface area contributed by atoms with Crippen molar-refractivity contribution in [3.63, 3.8) is 0 Å². The Morgan fingerprint density at radius 3 is 2.41 bits per heavy atom. The molecule has 4 rings (SSSR count). The van der Waals surface area contributed by atoms with Gasteiger partial charge in [0, 0.05) is 0 Å². The van der Waals surface area contributed by atoms with E-state index in [1.165, 1.54) is 11.5 Å². The van der Waals surface area contributed by atoms with Crippen molar-refractivity contribution in [2.24, 2.45) is 0 Å². The van der Waals surface area contributed by atoms with E-state index < -0.39 is 24.5 Å². The van der Waals surface area contributed by atoms with E-state index >= 15 is 0 Å². The molecule has 7 nitrogen and oxygen atoms in total. The summed E-state index contributed by atoms with van der Waals surface area (Å²) in [7, 11) is 0. The first kappa shape index (κ1) is 22.5. The number of rotatable bonds is 6. The van der Waals surface area contributed by atoms with Crippen LogP contribution in [0.5, 0.6) is 5.75 Å². The number of benzene rings is 3. The topological polar surface area (TPSA) is 95.9 Å². The molecular weight excluding hydrogens is 638 g/mol. The average molecular weight is 654 g/mol. The van der Waals surface area contributed by atoms with Crippen LogP contribution >= 0.6 is 45.2 Å². The van der Waals surface area contributed by atoms with Gasteiger partial charge >= 0.3 is 12.0 Å². The molecule has 1 aliphatic heterocycles. The zero-order valence-corrected chi connectivity index (χ0v) is 20.8. The number of ether oxygens (including phenoxy) is 1. The second-order valence-corrected chi connectivity index (χ2v) is 9.38. The molecule has 162 valence electrons. The van der Waals surface area contributed by atoms with Crippen molar-refractivity contribution < 1.29 is 24.2 Å². The number of hydrogen-bond donors (Lipinski definition) is 2. The molecule has 0 unspecified atom stereocenters. The average Bonchev–Trinajstić information content (AvgIpc) is 3.00. The van der Waals surface area contributed by atoms with Gasteiger partial charge in [-0.2, -0.15) is 0 Å². The van der Waals surface area contributed by atoms with Crippen molar-refractivity contribution in [3.05, 3.63) is 78.6 Å². The minimum Gasteiger partial charge on any atom is -0.487 e. The molecule has 0 radical (unpaired) electrons. The molecule has 32 heavy (non-hydrogen) atoms. The van der Waals surface area contributed by atoms with Gasteiger partial charge in [-0.25, -0.2) is 9.69 Å². The van der Waals surface area contributed by atoms with Crippen molar-refractivity contribution in [1.82, 2.24) is 10.2 Å². The summed E-state index contributed by atoms with van der Waals surface area (Å²) in [6.45, 7) is -0.269. The highest BCUT2D eigenvalue weighted by Crippen LogP contribution is 2.31. The van der Waals surface area contributed by atoms with Gasteiger partial charge in [-0.05, 0) is 91.4 Å². The quantitative estimate of drug-likeness (QED) is 0.230. The molecule has 0 bridgehead atoms. The zero-order chi connectivity index (χ0) is 22.8. The van der Waals surface area contributed by atoms with E-state index in [2.05, 4.69) is 74.8 Å². The minimum atomic E-state index is -1.26. The number of imide groups is 1. The normalized spacial score (nSPS) is 14.8. The van der Waals surface area contributed by atoms with Crippen molar-refractivity contribution in [2.45, 2.75) is 6.61 Å². The number of urea groups is 1. The third-order valence-electron chi connectivity index (χ3n) is 4.78. The van der Waals surface area contributed by atoms with Gasteiger partial charge in [-0.1, -0.05) is 36.4 Å². The lowest BCUT2D eigenvalue weighted by Gasteiger charge is -2.12. The first-order valence-electron chi connectivity index (χ1n) is 9.47. The SMILES string of the molecule is O=C(O)CN1C(=O)N/C(=C/c2cc(I)c(OCc3ccc4ccccc4c3)c(I)c2)C1=O. The van der Waals surface area contributed by atoms with Gasteiger partial charge in [0.15, 0.2) is 0 Å². The molecule has 1 fully saturated rings. The Balaban J connectivity index is 1.52. The van der Waals surface area contributed by atoms with E-state index in [-0.39, 0.29) is 5.70 Å². The minimum absolute atomic E-state index is 0.0349. The monoisotopic (exact) mass is 654 g/mol. The van der Waals surface area contributed by atoms with Crippen LogP contribution in [0.1, 0.15) is 11.1 Å². The van der Waals surface area contributed by atoms with E-state index in [1.54, 1.807) is 0 Å². The number of carboxylic acid groups (broad SMARTS) is 1. The van der Waals surface area contributed by atoms with Gasteiger partial charge < -0.3 is 15.2 Å². The van der Waals surface area contributed by atoms with Gasteiger partial charge in [0.2, 0.25) is 0 Å². The maximum absolute atomic E-state index is 12.3. The summed E-state index contributed by atoms with van der Waals surface area (Å²) >= 11 is 4.33. The maximum Gasteiger partial charge on any atom is 0.329 e. The second kappa shape index (κ2) is 9.45. The number of amides is 3. The number of nitrogens with zero attached hydrogens (tertiary/aromatic N) is 1. The van der Waals surface area contributed by atoms with Crippen LogP contribution in [0.2, 0.25) is 0 Å². The zero-order valence-electron chi connectivity index (χ0n) is 16.5. The van der Waals surface area contributed by atoms with E-state index in [0.29, 0.717) is 17.1 Å².